The van der Waals surface area contributed by atoms with Gasteiger partial charge in [0.2, 0.25) is 20.0 Å². The van der Waals surface area contributed by atoms with E-state index >= 15 is 0 Å². The van der Waals surface area contributed by atoms with Gasteiger partial charge in [-0.25, -0.2) is 22.3 Å². The number of hydrogen-bond acceptors (Lipinski definition) is 7. The van der Waals surface area contributed by atoms with E-state index in [9.17, 15) is 21.6 Å². The van der Waals surface area contributed by atoms with Gasteiger partial charge < -0.3 is 4.42 Å². The predicted octanol–water partition coefficient (Wildman–Crippen LogP) is 7.32. The number of hydrogen-bond donors (Lipinski definition) is 1. The molecule has 1 aromatic heterocycles. The molecule has 0 unspecified atom stereocenters. The summed E-state index contributed by atoms with van der Waals surface area (Å²) in [5.74, 6) is -0.155. The van der Waals surface area contributed by atoms with E-state index in [2.05, 4.69) is 10.5 Å². The molecule has 5 aromatic rings. The summed E-state index contributed by atoms with van der Waals surface area (Å²) in [7, 11) is -8.03. The van der Waals surface area contributed by atoms with E-state index in [0.717, 1.165) is 15.4 Å². The van der Waals surface area contributed by atoms with Crippen molar-refractivity contribution in [2.45, 2.75) is 36.2 Å². The minimum absolute atomic E-state index is 0.0326. The van der Waals surface area contributed by atoms with Crippen LogP contribution in [0.15, 0.2) is 129 Å². The number of sulfonamides is 2. The van der Waals surface area contributed by atoms with Crippen LogP contribution in [0.4, 0.5) is 0 Å². The van der Waals surface area contributed by atoms with Gasteiger partial charge in [0.05, 0.1) is 39.1 Å². The highest BCUT2D eigenvalue weighted by Crippen LogP contribution is 2.27. The molecule has 1 heterocycles. The topological polar surface area (TPSA) is 129 Å². The lowest BCUT2D eigenvalue weighted by Gasteiger charge is -2.22. The smallest absolute Gasteiger partial charge is 0.255 e. The molecule has 0 aliphatic heterocycles. The van der Waals surface area contributed by atoms with Crippen molar-refractivity contribution in [3.05, 3.63) is 152 Å². The Labute approximate surface area is 312 Å². The highest BCUT2D eigenvalue weighted by atomic mass is 35.5. The van der Waals surface area contributed by atoms with Crippen molar-refractivity contribution in [1.82, 2.24) is 14.0 Å². The highest BCUT2D eigenvalue weighted by Gasteiger charge is 2.28. The lowest BCUT2D eigenvalue weighted by molar-refractivity contribution is -0.121. The zero-order chi connectivity index (χ0) is 36.6. The molecule has 5 rings (SSSR count). The van der Waals surface area contributed by atoms with Gasteiger partial charge in [0, 0.05) is 18.1 Å². The Kier molecular flexibility index (Phi) is 12.7. The second-order valence-corrected chi connectivity index (χ2v) is 16.6. The standard InChI is InChI=1S/C36H33Cl3N4O6S2/c1-26-7-14-32(15-8-26)50(45,46)42(20-19-27-5-3-2-4-6-27)25-36(44)41-40-22-30-12-13-31(49-30)24-43(23-28-9-18-34(38)35(39)21-28)51(47,48)33-16-10-29(37)11-17-33/h2-18,21-22H,19-20,23-25H2,1H3,(H,41,44)/b40-22-. The molecule has 0 atom stereocenters. The van der Waals surface area contributed by atoms with Crippen molar-refractivity contribution in [1.29, 1.82) is 0 Å². The summed E-state index contributed by atoms with van der Waals surface area (Å²) in [5.41, 5.74) is 4.78. The minimum atomic E-state index is -4.03. The average molecular weight is 788 g/mol. The summed E-state index contributed by atoms with van der Waals surface area (Å²) in [5, 5.41) is 4.96. The first-order chi connectivity index (χ1) is 24.3. The molecule has 266 valence electrons. The third-order valence-corrected chi connectivity index (χ3v) is 12.3. The van der Waals surface area contributed by atoms with Crippen LogP contribution >= 0.6 is 34.8 Å². The van der Waals surface area contributed by atoms with Gasteiger partial charge in [0.1, 0.15) is 11.5 Å². The lowest BCUT2D eigenvalue weighted by Crippen LogP contribution is -2.40. The molecule has 1 amide bonds. The summed E-state index contributed by atoms with van der Waals surface area (Å²) < 4.78 is 62.7. The molecule has 15 heteroatoms. The van der Waals surface area contributed by atoms with E-state index in [-0.39, 0.29) is 46.0 Å². The van der Waals surface area contributed by atoms with Crippen molar-refractivity contribution in [3.8, 4) is 0 Å². The fraction of sp³-hybridized carbons (Fsp3) is 0.167. The Balaban J connectivity index is 1.28. The Morgan fingerprint density at radius 1 is 0.745 bits per heavy atom. The zero-order valence-electron chi connectivity index (χ0n) is 27.2. The fourth-order valence-electron chi connectivity index (χ4n) is 4.95. The first-order valence-corrected chi connectivity index (χ1v) is 19.5. The third-order valence-electron chi connectivity index (χ3n) is 7.66. The Morgan fingerprint density at radius 3 is 2.06 bits per heavy atom. The number of hydrazone groups is 1. The van der Waals surface area contributed by atoms with Crippen molar-refractivity contribution >= 4 is 67.0 Å². The van der Waals surface area contributed by atoms with E-state index in [0.29, 0.717) is 22.0 Å². The normalized spacial score (nSPS) is 12.2. The summed E-state index contributed by atoms with van der Waals surface area (Å²) in [6.07, 6.45) is 1.63. The van der Waals surface area contributed by atoms with Gasteiger partial charge >= 0.3 is 0 Å². The van der Waals surface area contributed by atoms with Crippen molar-refractivity contribution < 1.29 is 26.0 Å². The summed E-state index contributed by atoms with van der Waals surface area (Å²) in [6, 6.07) is 29.6. The molecule has 0 aliphatic rings. The van der Waals surface area contributed by atoms with Gasteiger partial charge in [-0.2, -0.15) is 13.7 Å². The Morgan fingerprint density at radius 2 is 1.39 bits per heavy atom. The Hall–Kier alpha value is -4.01. The molecule has 0 aliphatic carbocycles. The van der Waals surface area contributed by atoms with Crippen LogP contribution in [0.25, 0.3) is 0 Å². The van der Waals surface area contributed by atoms with Crippen LogP contribution in [-0.2, 0) is 44.4 Å². The van der Waals surface area contributed by atoms with E-state index in [4.69, 9.17) is 39.2 Å². The van der Waals surface area contributed by atoms with E-state index < -0.39 is 32.5 Å². The zero-order valence-corrected chi connectivity index (χ0v) is 31.1. The molecule has 51 heavy (non-hydrogen) atoms. The summed E-state index contributed by atoms with van der Waals surface area (Å²) in [6.45, 7) is 1.24. The van der Waals surface area contributed by atoms with E-state index in [1.165, 1.54) is 46.9 Å². The number of halogens is 3. The third kappa shape index (κ3) is 10.3. The fourth-order valence-corrected chi connectivity index (χ4v) is 8.19. The molecule has 0 fully saturated rings. The van der Waals surface area contributed by atoms with Gasteiger partial charge in [-0.15, -0.1) is 0 Å². The first kappa shape index (κ1) is 38.2. The van der Waals surface area contributed by atoms with Crippen LogP contribution in [0.2, 0.25) is 15.1 Å². The largest absolute Gasteiger partial charge is 0.459 e. The second-order valence-electron chi connectivity index (χ2n) is 11.5. The van der Waals surface area contributed by atoms with Crippen LogP contribution in [0, 0.1) is 6.92 Å². The van der Waals surface area contributed by atoms with Gasteiger partial charge in [-0.1, -0.05) is 88.9 Å². The number of furan rings is 1. The molecule has 0 spiro atoms. The van der Waals surface area contributed by atoms with E-state index in [1.54, 1.807) is 42.5 Å². The van der Waals surface area contributed by atoms with Crippen LogP contribution < -0.4 is 5.43 Å². The van der Waals surface area contributed by atoms with Gasteiger partial charge in [0.25, 0.3) is 5.91 Å². The number of amides is 1. The molecular weight excluding hydrogens is 755 g/mol. The van der Waals surface area contributed by atoms with Crippen LogP contribution in [0.5, 0.6) is 0 Å². The Bertz CT molecular complexity index is 2210. The summed E-state index contributed by atoms with van der Waals surface area (Å²) in [4.78, 5) is 13.1. The number of carbonyl (C=O) groups excluding carboxylic acids is 1. The maximum Gasteiger partial charge on any atom is 0.255 e. The quantitative estimate of drug-likeness (QED) is 0.0875. The molecular formula is C36H33Cl3N4O6S2. The van der Waals surface area contributed by atoms with Crippen molar-refractivity contribution in [3.63, 3.8) is 0 Å². The van der Waals surface area contributed by atoms with Gasteiger partial charge in [-0.3, -0.25) is 4.79 Å². The monoisotopic (exact) mass is 786 g/mol. The maximum atomic E-state index is 13.7. The SMILES string of the molecule is Cc1ccc(S(=O)(=O)N(CCc2ccccc2)CC(=O)N/N=C\c2ccc(CN(Cc3ccc(Cl)c(Cl)c3)S(=O)(=O)c3ccc(Cl)cc3)o2)cc1. The molecule has 1 N–H and O–H groups in total. The lowest BCUT2D eigenvalue weighted by atomic mass is 10.1. The van der Waals surface area contributed by atoms with Crippen LogP contribution in [0.3, 0.4) is 0 Å². The number of nitrogens with one attached hydrogen (secondary N) is 1. The first-order valence-electron chi connectivity index (χ1n) is 15.5. The summed E-state index contributed by atoms with van der Waals surface area (Å²) >= 11 is 18.2. The van der Waals surface area contributed by atoms with Crippen LogP contribution in [0.1, 0.15) is 28.2 Å². The molecule has 0 bridgehead atoms. The molecule has 0 radical (unpaired) electrons. The van der Waals surface area contributed by atoms with Crippen molar-refractivity contribution in [2.24, 2.45) is 5.10 Å². The maximum absolute atomic E-state index is 13.7. The second kappa shape index (κ2) is 17.0. The van der Waals surface area contributed by atoms with Gasteiger partial charge in [0.15, 0.2) is 0 Å². The number of nitrogens with zero attached hydrogens (tertiary/aromatic N) is 3. The number of rotatable bonds is 15. The minimum Gasteiger partial charge on any atom is -0.459 e. The number of aryl methyl sites for hydroxylation is 1. The molecule has 0 saturated heterocycles. The van der Waals surface area contributed by atoms with Crippen molar-refractivity contribution in [2.75, 3.05) is 13.1 Å². The number of carbonyl (C=O) groups is 1. The highest BCUT2D eigenvalue weighted by molar-refractivity contribution is 7.89. The molecule has 0 saturated carbocycles. The molecule has 10 nitrogen and oxygen atoms in total. The van der Waals surface area contributed by atoms with Crippen LogP contribution in [-0.4, -0.2) is 50.7 Å². The van der Waals surface area contributed by atoms with E-state index in [1.807, 2.05) is 37.3 Å². The number of benzene rings is 4. The molecule has 4 aromatic carbocycles. The van der Waals surface area contributed by atoms with Gasteiger partial charge in [-0.05, 0) is 85.1 Å². The average Bonchev–Trinajstić information content (AvgIpc) is 3.55. The predicted molar refractivity (Wildman–Crippen MR) is 199 cm³/mol.